The van der Waals surface area contributed by atoms with Crippen LogP contribution in [0, 0.1) is 11.3 Å². The second kappa shape index (κ2) is 9.74. The van der Waals surface area contributed by atoms with Crippen molar-refractivity contribution in [3.05, 3.63) is 76.6 Å². The molecule has 0 bridgehead atoms. The highest BCUT2D eigenvalue weighted by Crippen LogP contribution is 2.29. The highest BCUT2D eigenvalue weighted by atomic mass is 35.5. The molecule has 1 saturated heterocycles. The van der Waals surface area contributed by atoms with Crippen LogP contribution in [-0.2, 0) is 4.74 Å². The number of rotatable bonds is 4. The van der Waals surface area contributed by atoms with Gasteiger partial charge in [-0.25, -0.2) is 4.68 Å². The van der Waals surface area contributed by atoms with Crippen molar-refractivity contribution in [2.75, 3.05) is 25.0 Å². The summed E-state index contributed by atoms with van der Waals surface area (Å²) in [6.07, 6.45) is 3.03. The third kappa shape index (κ3) is 4.81. The predicted octanol–water partition coefficient (Wildman–Crippen LogP) is 3.73. The first-order valence-corrected chi connectivity index (χ1v) is 9.50. The number of carbonyl (C=O) groups excluding carboxylic acids is 1. The minimum Gasteiger partial charge on any atom is -0.371 e. The van der Waals surface area contributed by atoms with Gasteiger partial charge in [0.05, 0.1) is 41.8 Å². The van der Waals surface area contributed by atoms with Crippen LogP contribution >= 0.6 is 24.0 Å². The molecule has 154 valence electrons. The van der Waals surface area contributed by atoms with E-state index in [2.05, 4.69) is 21.8 Å². The van der Waals surface area contributed by atoms with E-state index in [4.69, 9.17) is 21.6 Å². The van der Waals surface area contributed by atoms with E-state index in [1.807, 2.05) is 12.1 Å². The molecular weight excluding hydrogens is 425 g/mol. The van der Waals surface area contributed by atoms with Crippen molar-refractivity contribution >= 4 is 35.6 Å². The third-order valence-corrected chi connectivity index (χ3v) is 4.97. The number of aromatic nitrogens is 2. The van der Waals surface area contributed by atoms with Crippen molar-refractivity contribution < 1.29 is 9.53 Å². The first kappa shape index (κ1) is 21.8. The monoisotopic (exact) mass is 443 g/mol. The van der Waals surface area contributed by atoms with Gasteiger partial charge in [0, 0.05) is 35.6 Å². The standard InChI is InChI=1S/C21H18ClN5O2.ClH/c22-19-9-16(3-6-18(19)20-12-24-7-8-29-20)26-21(28)15-11-25-27(13-15)17-4-1-14(10-23)2-5-17;/h1-6,9,11,13,20,24H,7-8,12H2,(H,26,28);1H. The molecule has 7 nitrogen and oxygen atoms in total. The molecule has 2 N–H and O–H groups in total. The molecule has 0 aliphatic carbocycles. The van der Waals surface area contributed by atoms with Crippen molar-refractivity contribution in [3.63, 3.8) is 0 Å². The van der Waals surface area contributed by atoms with Crippen molar-refractivity contribution in [2.24, 2.45) is 0 Å². The molecule has 1 fully saturated rings. The van der Waals surface area contributed by atoms with Gasteiger partial charge in [-0.2, -0.15) is 10.4 Å². The van der Waals surface area contributed by atoms with E-state index < -0.39 is 0 Å². The fraction of sp³-hybridized carbons (Fsp3) is 0.190. The summed E-state index contributed by atoms with van der Waals surface area (Å²) >= 11 is 6.40. The quantitative estimate of drug-likeness (QED) is 0.640. The van der Waals surface area contributed by atoms with E-state index in [9.17, 15) is 4.79 Å². The Bertz CT molecular complexity index is 1070. The molecule has 1 aliphatic rings. The summed E-state index contributed by atoms with van der Waals surface area (Å²) in [6, 6.07) is 14.4. The highest BCUT2D eigenvalue weighted by Gasteiger charge is 2.19. The Morgan fingerprint density at radius 2 is 2.10 bits per heavy atom. The van der Waals surface area contributed by atoms with Crippen LogP contribution in [0.2, 0.25) is 5.02 Å². The maximum absolute atomic E-state index is 12.6. The molecule has 0 radical (unpaired) electrons. The van der Waals surface area contributed by atoms with Crippen LogP contribution in [-0.4, -0.2) is 35.4 Å². The first-order valence-electron chi connectivity index (χ1n) is 9.12. The predicted molar refractivity (Wildman–Crippen MR) is 116 cm³/mol. The molecule has 1 atom stereocenters. The van der Waals surface area contributed by atoms with Crippen LogP contribution in [0.5, 0.6) is 0 Å². The molecule has 1 amide bonds. The molecule has 1 aliphatic heterocycles. The van der Waals surface area contributed by atoms with Crippen LogP contribution in [0.25, 0.3) is 5.69 Å². The van der Waals surface area contributed by atoms with Gasteiger partial charge in [-0.05, 0) is 36.4 Å². The van der Waals surface area contributed by atoms with Gasteiger partial charge < -0.3 is 15.4 Å². The molecule has 1 unspecified atom stereocenters. The fourth-order valence-corrected chi connectivity index (χ4v) is 3.41. The zero-order valence-corrected chi connectivity index (χ0v) is 17.4. The van der Waals surface area contributed by atoms with E-state index in [0.717, 1.165) is 17.8 Å². The number of amides is 1. The van der Waals surface area contributed by atoms with Crippen LogP contribution in [0.15, 0.2) is 54.9 Å². The lowest BCUT2D eigenvalue weighted by atomic mass is 10.1. The van der Waals surface area contributed by atoms with Gasteiger partial charge in [0.25, 0.3) is 5.91 Å². The zero-order valence-electron chi connectivity index (χ0n) is 15.8. The summed E-state index contributed by atoms with van der Waals surface area (Å²) in [5, 5.41) is 19.8. The molecule has 2 heterocycles. The Morgan fingerprint density at radius 3 is 2.77 bits per heavy atom. The van der Waals surface area contributed by atoms with Gasteiger partial charge in [-0.15, -0.1) is 12.4 Å². The number of hydrogen-bond donors (Lipinski definition) is 2. The number of anilines is 1. The normalized spacial score (nSPS) is 15.7. The van der Waals surface area contributed by atoms with Crippen LogP contribution in [0.1, 0.15) is 27.6 Å². The number of nitrogens with one attached hydrogen (secondary N) is 2. The van der Waals surface area contributed by atoms with E-state index in [1.54, 1.807) is 41.2 Å². The number of benzene rings is 2. The number of ether oxygens (including phenoxy) is 1. The number of hydrogen-bond acceptors (Lipinski definition) is 5. The first-order chi connectivity index (χ1) is 14.1. The molecule has 4 rings (SSSR count). The maximum Gasteiger partial charge on any atom is 0.258 e. The second-order valence-electron chi connectivity index (χ2n) is 6.59. The number of morpholine rings is 1. The summed E-state index contributed by atoms with van der Waals surface area (Å²) in [5.41, 5.74) is 3.23. The summed E-state index contributed by atoms with van der Waals surface area (Å²) in [5.74, 6) is -0.288. The average Bonchev–Trinajstić information content (AvgIpc) is 3.25. The number of halogens is 2. The smallest absolute Gasteiger partial charge is 0.258 e. The number of carbonyl (C=O) groups is 1. The van der Waals surface area contributed by atoms with Gasteiger partial charge in [-0.3, -0.25) is 4.79 Å². The molecule has 9 heteroatoms. The lowest BCUT2D eigenvalue weighted by Gasteiger charge is -2.25. The zero-order chi connectivity index (χ0) is 20.2. The maximum atomic E-state index is 12.6. The lowest BCUT2D eigenvalue weighted by Crippen LogP contribution is -2.33. The van der Waals surface area contributed by atoms with Crippen LogP contribution in [0.3, 0.4) is 0 Å². The SMILES string of the molecule is Cl.N#Cc1ccc(-n2cc(C(=O)Nc3ccc(C4CNCCO4)c(Cl)c3)cn2)cc1. The minimum atomic E-state index is -0.288. The molecule has 1 aromatic heterocycles. The van der Waals surface area contributed by atoms with Gasteiger partial charge in [0.15, 0.2) is 0 Å². The Balaban J connectivity index is 0.00000256. The molecular formula is C21H19Cl2N5O2. The van der Waals surface area contributed by atoms with E-state index in [1.165, 1.54) is 6.20 Å². The van der Waals surface area contributed by atoms with Crippen molar-refractivity contribution in [2.45, 2.75) is 6.10 Å². The van der Waals surface area contributed by atoms with Gasteiger partial charge >= 0.3 is 0 Å². The fourth-order valence-electron chi connectivity index (χ4n) is 3.10. The highest BCUT2D eigenvalue weighted by molar-refractivity contribution is 6.31. The Labute approximate surface area is 185 Å². The minimum absolute atomic E-state index is 0. The molecule has 3 aromatic rings. The van der Waals surface area contributed by atoms with Gasteiger partial charge in [-0.1, -0.05) is 17.7 Å². The van der Waals surface area contributed by atoms with Gasteiger partial charge in [0.1, 0.15) is 0 Å². The Morgan fingerprint density at radius 1 is 1.30 bits per heavy atom. The molecule has 0 saturated carbocycles. The summed E-state index contributed by atoms with van der Waals surface area (Å²) in [6.45, 7) is 2.18. The summed E-state index contributed by atoms with van der Waals surface area (Å²) in [7, 11) is 0. The van der Waals surface area contributed by atoms with Gasteiger partial charge in [0.2, 0.25) is 0 Å². The van der Waals surface area contributed by atoms with Crippen molar-refractivity contribution in [1.29, 1.82) is 5.26 Å². The van der Waals surface area contributed by atoms with Crippen molar-refractivity contribution in [1.82, 2.24) is 15.1 Å². The third-order valence-electron chi connectivity index (χ3n) is 4.64. The van der Waals surface area contributed by atoms with Crippen molar-refractivity contribution in [3.8, 4) is 11.8 Å². The summed E-state index contributed by atoms with van der Waals surface area (Å²) in [4.78, 5) is 12.6. The number of nitrogens with zero attached hydrogens (tertiary/aromatic N) is 3. The Kier molecular flexibility index (Phi) is 7.08. The largest absolute Gasteiger partial charge is 0.371 e. The summed E-state index contributed by atoms with van der Waals surface area (Å²) < 4.78 is 7.31. The molecule has 30 heavy (non-hydrogen) atoms. The van der Waals surface area contributed by atoms with E-state index >= 15 is 0 Å². The average molecular weight is 444 g/mol. The van der Waals surface area contributed by atoms with E-state index in [0.29, 0.717) is 35.0 Å². The Hall–Kier alpha value is -2.89. The van der Waals surface area contributed by atoms with E-state index in [-0.39, 0.29) is 24.4 Å². The van der Waals surface area contributed by atoms with Crippen LogP contribution in [0.4, 0.5) is 5.69 Å². The van der Waals surface area contributed by atoms with Crippen LogP contribution < -0.4 is 10.6 Å². The number of nitriles is 1. The molecule has 0 spiro atoms. The molecule has 2 aromatic carbocycles. The second-order valence-corrected chi connectivity index (χ2v) is 6.99. The topological polar surface area (TPSA) is 92.0 Å². The lowest BCUT2D eigenvalue weighted by molar-refractivity contribution is 0.0278.